The molecule has 0 aliphatic carbocycles. The molecule has 2 N–H and O–H groups in total. The molecule has 2 aromatic carbocycles. The predicted octanol–water partition coefficient (Wildman–Crippen LogP) is 3.04. The fourth-order valence-corrected chi connectivity index (χ4v) is 4.22. The summed E-state index contributed by atoms with van der Waals surface area (Å²) in [7, 11) is 0. The van der Waals surface area contributed by atoms with E-state index in [1.54, 1.807) is 40.1 Å². The van der Waals surface area contributed by atoms with Crippen LogP contribution in [0.5, 0.6) is 0 Å². The fourth-order valence-electron chi connectivity index (χ4n) is 4.22. The molecule has 0 unspecified atom stereocenters. The second kappa shape index (κ2) is 9.95. The number of anilines is 1. The molecule has 1 saturated heterocycles. The number of hydrogen-bond acceptors (Lipinski definition) is 5. The predicted molar refractivity (Wildman–Crippen MR) is 132 cm³/mol. The molecule has 3 heterocycles. The first-order chi connectivity index (χ1) is 17.5. The van der Waals surface area contributed by atoms with Crippen molar-refractivity contribution in [3.8, 4) is 0 Å². The number of nitrogens with one attached hydrogen (secondary N) is 2. The number of carbonyl (C=O) groups excluding carboxylic acids is 2. The zero-order valence-electron chi connectivity index (χ0n) is 19.3. The number of nitrogens with zero attached hydrogens (tertiary/aromatic N) is 4. The molecule has 1 fully saturated rings. The van der Waals surface area contributed by atoms with Gasteiger partial charge in [0.15, 0.2) is 0 Å². The summed E-state index contributed by atoms with van der Waals surface area (Å²) in [6, 6.07) is 17.8. The number of halogens is 1. The first-order valence-corrected chi connectivity index (χ1v) is 11.5. The molecule has 0 bridgehead atoms. The highest BCUT2D eigenvalue weighted by Crippen LogP contribution is 2.17. The van der Waals surface area contributed by atoms with Crippen LogP contribution >= 0.6 is 0 Å². The molecule has 0 spiro atoms. The summed E-state index contributed by atoms with van der Waals surface area (Å²) in [5, 5.41) is 10.7. The molecular formula is C26H23FN6O3. The van der Waals surface area contributed by atoms with Crippen molar-refractivity contribution in [1.82, 2.24) is 25.0 Å². The molecule has 0 saturated carbocycles. The smallest absolute Gasteiger partial charge is 0.321 e. The standard InChI is InChI=1S/C26H23FN6O3/c27-17-5-3-6-18(15-17)29-26(36)33-13-11-32(12-14-33)25(35)22-10-4-7-19(28-22)16-23-20-8-1-2-9-21(20)24(34)31-30-23/h1-10,15H,11-14,16H2,(H,29,36)(H,31,34). The molecule has 3 amide bonds. The van der Waals surface area contributed by atoms with Crippen molar-refractivity contribution in [2.75, 3.05) is 31.5 Å². The van der Waals surface area contributed by atoms with Crippen LogP contribution in [-0.2, 0) is 6.42 Å². The van der Waals surface area contributed by atoms with Gasteiger partial charge in [-0.05, 0) is 36.4 Å². The summed E-state index contributed by atoms with van der Waals surface area (Å²) in [5.74, 6) is -0.649. The number of rotatable bonds is 4. The highest BCUT2D eigenvalue weighted by atomic mass is 19.1. The number of H-pyrrole nitrogens is 1. The number of aromatic nitrogens is 3. The average Bonchev–Trinajstić information content (AvgIpc) is 2.90. The first kappa shape index (κ1) is 23.2. The Balaban J connectivity index is 1.23. The molecule has 5 rings (SSSR count). The van der Waals surface area contributed by atoms with Gasteiger partial charge in [0.1, 0.15) is 11.5 Å². The number of carbonyl (C=O) groups is 2. The molecule has 10 heteroatoms. The van der Waals surface area contributed by atoms with Gasteiger partial charge in [0.25, 0.3) is 11.5 Å². The van der Waals surface area contributed by atoms with Crippen molar-refractivity contribution in [1.29, 1.82) is 0 Å². The average molecular weight is 487 g/mol. The van der Waals surface area contributed by atoms with E-state index in [1.807, 2.05) is 18.2 Å². The Morgan fingerprint density at radius 2 is 1.64 bits per heavy atom. The summed E-state index contributed by atoms with van der Waals surface area (Å²) in [6.45, 7) is 1.40. The van der Waals surface area contributed by atoms with E-state index >= 15 is 0 Å². The Morgan fingerprint density at radius 1 is 0.917 bits per heavy atom. The number of fused-ring (bicyclic) bond motifs is 1. The fraction of sp³-hybridized carbons (Fsp3) is 0.192. The Bertz CT molecular complexity index is 1500. The summed E-state index contributed by atoms with van der Waals surface area (Å²) in [4.78, 5) is 45.4. The molecule has 0 atom stereocenters. The maximum atomic E-state index is 13.4. The van der Waals surface area contributed by atoms with Crippen molar-refractivity contribution in [3.05, 3.63) is 100.0 Å². The van der Waals surface area contributed by atoms with Crippen molar-refractivity contribution < 1.29 is 14.0 Å². The van der Waals surface area contributed by atoms with Crippen LogP contribution in [0.4, 0.5) is 14.9 Å². The van der Waals surface area contributed by atoms with E-state index in [0.29, 0.717) is 60.8 Å². The molecule has 2 aromatic heterocycles. The van der Waals surface area contributed by atoms with Crippen LogP contribution in [0.2, 0.25) is 0 Å². The van der Waals surface area contributed by atoms with E-state index in [2.05, 4.69) is 20.5 Å². The molecule has 36 heavy (non-hydrogen) atoms. The molecule has 1 aliphatic rings. The third kappa shape index (κ3) is 4.92. The largest absolute Gasteiger partial charge is 0.334 e. The monoisotopic (exact) mass is 486 g/mol. The third-order valence-corrected chi connectivity index (χ3v) is 6.08. The van der Waals surface area contributed by atoms with Crippen LogP contribution in [0, 0.1) is 5.82 Å². The molecule has 182 valence electrons. The minimum Gasteiger partial charge on any atom is -0.334 e. The Morgan fingerprint density at radius 3 is 2.42 bits per heavy atom. The lowest BCUT2D eigenvalue weighted by atomic mass is 10.1. The maximum Gasteiger partial charge on any atom is 0.321 e. The molecule has 4 aromatic rings. The zero-order valence-corrected chi connectivity index (χ0v) is 19.3. The van der Waals surface area contributed by atoms with Gasteiger partial charge in [-0.2, -0.15) is 5.10 Å². The summed E-state index contributed by atoms with van der Waals surface area (Å²) in [6.07, 6.45) is 0.354. The third-order valence-electron chi connectivity index (χ3n) is 6.08. The van der Waals surface area contributed by atoms with Gasteiger partial charge in [0, 0.05) is 49.4 Å². The van der Waals surface area contributed by atoms with E-state index in [9.17, 15) is 18.8 Å². The van der Waals surface area contributed by atoms with Crippen molar-refractivity contribution in [2.45, 2.75) is 6.42 Å². The van der Waals surface area contributed by atoms with Gasteiger partial charge in [0.05, 0.1) is 11.1 Å². The van der Waals surface area contributed by atoms with Crippen LogP contribution < -0.4 is 10.9 Å². The lowest BCUT2D eigenvalue weighted by Crippen LogP contribution is -2.51. The number of aromatic amines is 1. The summed E-state index contributed by atoms with van der Waals surface area (Å²) >= 11 is 0. The highest BCUT2D eigenvalue weighted by molar-refractivity contribution is 5.93. The topological polar surface area (TPSA) is 111 Å². The molecule has 0 radical (unpaired) electrons. The van der Waals surface area contributed by atoms with Gasteiger partial charge in [0.2, 0.25) is 0 Å². The van der Waals surface area contributed by atoms with Crippen molar-refractivity contribution in [3.63, 3.8) is 0 Å². The van der Waals surface area contributed by atoms with Gasteiger partial charge in [-0.3, -0.25) is 9.59 Å². The number of pyridine rings is 1. The summed E-state index contributed by atoms with van der Waals surface area (Å²) in [5.41, 5.74) is 1.75. The van der Waals surface area contributed by atoms with Gasteiger partial charge in [-0.25, -0.2) is 19.3 Å². The van der Waals surface area contributed by atoms with Crippen molar-refractivity contribution in [2.24, 2.45) is 0 Å². The lowest BCUT2D eigenvalue weighted by Gasteiger charge is -2.34. The number of urea groups is 1. The van der Waals surface area contributed by atoms with Gasteiger partial charge < -0.3 is 15.1 Å². The van der Waals surface area contributed by atoms with Gasteiger partial charge in [-0.15, -0.1) is 0 Å². The number of benzene rings is 2. The highest BCUT2D eigenvalue weighted by Gasteiger charge is 2.26. The lowest BCUT2D eigenvalue weighted by molar-refractivity contribution is 0.0665. The molecule has 9 nitrogen and oxygen atoms in total. The zero-order chi connectivity index (χ0) is 25.1. The minimum atomic E-state index is -0.428. The van der Waals surface area contributed by atoms with Crippen LogP contribution in [0.25, 0.3) is 10.8 Å². The number of piperazine rings is 1. The van der Waals surface area contributed by atoms with E-state index < -0.39 is 5.82 Å². The van der Waals surface area contributed by atoms with Crippen LogP contribution in [0.15, 0.2) is 71.5 Å². The Kier molecular flexibility index (Phi) is 6.40. The number of hydrogen-bond donors (Lipinski definition) is 2. The first-order valence-electron chi connectivity index (χ1n) is 11.5. The molecular weight excluding hydrogens is 463 g/mol. The van der Waals surface area contributed by atoms with Crippen LogP contribution in [0.1, 0.15) is 21.9 Å². The quantitative estimate of drug-likeness (QED) is 0.461. The Labute approximate surface area is 205 Å². The molecule has 1 aliphatic heterocycles. The van der Waals surface area contributed by atoms with Crippen LogP contribution in [-0.4, -0.2) is 63.1 Å². The number of amides is 3. The van der Waals surface area contributed by atoms with E-state index in [0.717, 1.165) is 5.39 Å². The van der Waals surface area contributed by atoms with E-state index in [1.165, 1.54) is 18.2 Å². The Hall–Kier alpha value is -4.60. The minimum absolute atomic E-state index is 0.221. The van der Waals surface area contributed by atoms with Gasteiger partial charge >= 0.3 is 6.03 Å². The van der Waals surface area contributed by atoms with Crippen LogP contribution in [0.3, 0.4) is 0 Å². The maximum absolute atomic E-state index is 13.4. The second-order valence-corrected chi connectivity index (χ2v) is 8.46. The normalized spacial score (nSPS) is 13.6. The SMILES string of the molecule is O=C(Nc1cccc(F)c1)N1CCN(C(=O)c2cccc(Cc3n[nH]c(=O)c4ccccc34)n2)CC1. The summed E-state index contributed by atoms with van der Waals surface area (Å²) < 4.78 is 13.4. The van der Waals surface area contributed by atoms with E-state index in [4.69, 9.17) is 0 Å². The second-order valence-electron chi connectivity index (χ2n) is 8.46. The van der Waals surface area contributed by atoms with Gasteiger partial charge in [-0.1, -0.05) is 30.3 Å². The van der Waals surface area contributed by atoms with Crippen molar-refractivity contribution >= 4 is 28.4 Å². The van der Waals surface area contributed by atoms with E-state index in [-0.39, 0.29) is 17.5 Å².